The normalized spacial score (nSPS) is 10.4. The third-order valence-corrected chi connectivity index (χ3v) is 4.29. The Morgan fingerprint density at radius 1 is 1.29 bits per heavy atom. The number of nitro groups is 1. The summed E-state index contributed by atoms with van der Waals surface area (Å²) in [4.78, 5) is 30.0. The van der Waals surface area contributed by atoms with E-state index in [1.54, 1.807) is 19.1 Å². The average Bonchev–Trinajstić information content (AvgIpc) is 2.75. The highest BCUT2D eigenvalue weighted by atomic mass is 19.1. The van der Waals surface area contributed by atoms with E-state index in [2.05, 4.69) is 15.3 Å². The lowest BCUT2D eigenvalue weighted by atomic mass is 10.1. The zero-order chi connectivity index (χ0) is 22.5. The summed E-state index contributed by atoms with van der Waals surface area (Å²) in [5.74, 6) is -1.90. The second-order valence-corrected chi connectivity index (χ2v) is 6.34. The minimum atomic E-state index is -1.23. The minimum Gasteiger partial charge on any atom is -0.494 e. The van der Waals surface area contributed by atoms with E-state index in [1.165, 1.54) is 25.6 Å². The van der Waals surface area contributed by atoms with Gasteiger partial charge in [0, 0.05) is 11.6 Å². The molecule has 160 valence electrons. The van der Waals surface area contributed by atoms with Crippen molar-refractivity contribution in [3.63, 3.8) is 0 Å². The lowest BCUT2D eigenvalue weighted by Gasteiger charge is -2.11. The average molecular weight is 428 g/mol. The van der Waals surface area contributed by atoms with Crippen molar-refractivity contribution in [1.29, 1.82) is 0 Å². The van der Waals surface area contributed by atoms with Crippen molar-refractivity contribution in [2.45, 2.75) is 13.5 Å². The monoisotopic (exact) mass is 428 g/mol. The summed E-state index contributed by atoms with van der Waals surface area (Å²) in [6, 6.07) is 6.87. The molecule has 0 bridgehead atoms. The molecule has 1 aromatic heterocycles. The van der Waals surface area contributed by atoms with Crippen molar-refractivity contribution in [2.24, 2.45) is 0 Å². The molecular formula is C20H17FN4O6. The molecule has 0 saturated heterocycles. The van der Waals surface area contributed by atoms with Crippen molar-refractivity contribution in [3.05, 3.63) is 75.3 Å². The number of aryl methyl sites for hydroxylation is 1. The minimum absolute atomic E-state index is 0.0190. The number of para-hydroxylation sites is 1. The van der Waals surface area contributed by atoms with Gasteiger partial charge in [-0.3, -0.25) is 10.1 Å². The van der Waals surface area contributed by atoms with Gasteiger partial charge in [-0.05, 0) is 24.6 Å². The maximum Gasteiger partial charge on any atom is 0.335 e. The molecule has 0 aliphatic heterocycles. The second-order valence-electron chi connectivity index (χ2n) is 6.34. The van der Waals surface area contributed by atoms with Crippen LogP contribution in [0.5, 0.6) is 11.5 Å². The molecule has 0 saturated carbocycles. The highest BCUT2D eigenvalue weighted by Crippen LogP contribution is 2.30. The Morgan fingerprint density at radius 2 is 2.00 bits per heavy atom. The van der Waals surface area contributed by atoms with Gasteiger partial charge in [-0.1, -0.05) is 12.1 Å². The lowest BCUT2D eigenvalue weighted by Crippen LogP contribution is -2.06. The standard InChI is InChI=1S/C20H17FN4O6/c1-11-4-3-5-15(25(28)29)18(11)24-20-22-8-14(9-23-20)31-10-13-6-12(19(26)27)7-16(30-2)17(13)21/h3-9H,10H2,1-2H3,(H,26,27)(H,22,23,24). The second kappa shape index (κ2) is 9.03. The molecule has 3 aromatic rings. The van der Waals surface area contributed by atoms with Gasteiger partial charge in [0.05, 0.1) is 30.0 Å². The van der Waals surface area contributed by atoms with E-state index in [0.717, 1.165) is 12.1 Å². The molecule has 10 nitrogen and oxygen atoms in total. The molecule has 0 radical (unpaired) electrons. The quantitative estimate of drug-likeness (QED) is 0.405. The van der Waals surface area contributed by atoms with Crippen LogP contribution in [0.25, 0.3) is 0 Å². The van der Waals surface area contributed by atoms with Crippen LogP contribution in [0.15, 0.2) is 42.7 Å². The van der Waals surface area contributed by atoms with Gasteiger partial charge in [-0.15, -0.1) is 0 Å². The van der Waals surface area contributed by atoms with E-state index < -0.39 is 16.7 Å². The molecule has 0 aliphatic rings. The van der Waals surface area contributed by atoms with Crippen LogP contribution in [0.2, 0.25) is 0 Å². The Kier molecular flexibility index (Phi) is 6.24. The first kappa shape index (κ1) is 21.4. The third-order valence-electron chi connectivity index (χ3n) is 4.29. The molecule has 0 unspecified atom stereocenters. The number of anilines is 2. The molecule has 0 spiro atoms. The summed E-state index contributed by atoms with van der Waals surface area (Å²) in [5.41, 5.74) is 0.621. The van der Waals surface area contributed by atoms with Crippen molar-refractivity contribution >= 4 is 23.3 Å². The molecule has 3 rings (SSSR count). The predicted octanol–water partition coefficient (Wildman–Crippen LogP) is 3.86. The summed E-state index contributed by atoms with van der Waals surface area (Å²) in [7, 11) is 1.23. The maximum absolute atomic E-state index is 14.4. The molecular weight excluding hydrogens is 411 g/mol. The molecule has 0 amide bonds. The molecule has 0 atom stereocenters. The third kappa shape index (κ3) is 4.83. The maximum atomic E-state index is 14.4. The van der Waals surface area contributed by atoms with Crippen LogP contribution in [0, 0.1) is 22.9 Å². The van der Waals surface area contributed by atoms with E-state index in [0.29, 0.717) is 5.56 Å². The summed E-state index contributed by atoms with van der Waals surface area (Å²) >= 11 is 0. The van der Waals surface area contributed by atoms with E-state index in [9.17, 15) is 19.3 Å². The van der Waals surface area contributed by atoms with Crippen molar-refractivity contribution < 1.29 is 28.7 Å². The van der Waals surface area contributed by atoms with E-state index in [4.69, 9.17) is 14.6 Å². The fourth-order valence-corrected chi connectivity index (χ4v) is 2.73. The summed E-state index contributed by atoms with van der Waals surface area (Å²) < 4.78 is 24.7. The largest absolute Gasteiger partial charge is 0.494 e. The topological polar surface area (TPSA) is 137 Å². The van der Waals surface area contributed by atoms with Crippen molar-refractivity contribution in [2.75, 3.05) is 12.4 Å². The van der Waals surface area contributed by atoms with Crippen LogP contribution in [0.1, 0.15) is 21.5 Å². The van der Waals surface area contributed by atoms with Gasteiger partial charge in [0.2, 0.25) is 5.95 Å². The Labute approximate surface area is 175 Å². The number of hydrogen-bond acceptors (Lipinski definition) is 8. The Balaban J connectivity index is 1.75. The SMILES string of the molecule is COc1cc(C(=O)O)cc(COc2cnc(Nc3c(C)cccc3[N+](=O)[O-])nc2)c1F. The number of methoxy groups -OCH3 is 1. The Morgan fingerprint density at radius 3 is 2.61 bits per heavy atom. The number of halogens is 1. The number of benzene rings is 2. The molecule has 31 heavy (non-hydrogen) atoms. The van der Waals surface area contributed by atoms with Crippen LogP contribution in [-0.2, 0) is 6.61 Å². The fraction of sp³-hybridized carbons (Fsp3) is 0.150. The van der Waals surface area contributed by atoms with Gasteiger partial charge in [0.1, 0.15) is 12.3 Å². The first-order valence-electron chi connectivity index (χ1n) is 8.85. The zero-order valence-corrected chi connectivity index (χ0v) is 16.5. The van der Waals surface area contributed by atoms with Crippen LogP contribution >= 0.6 is 0 Å². The van der Waals surface area contributed by atoms with Gasteiger partial charge in [-0.25, -0.2) is 19.2 Å². The molecule has 1 heterocycles. The highest BCUT2D eigenvalue weighted by molar-refractivity contribution is 5.88. The van der Waals surface area contributed by atoms with Gasteiger partial charge >= 0.3 is 5.97 Å². The highest BCUT2D eigenvalue weighted by Gasteiger charge is 2.17. The van der Waals surface area contributed by atoms with E-state index >= 15 is 0 Å². The van der Waals surface area contributed by atoms with Crippen molar-refractivity contribution in [3.8, 4) is 11.5 Å². The van der Waals surface area contributed by atoms with E-state index in [-0.39, 0.29) is 46.6 Å². The number of carboxylic acids is 1. The van der Waals surface area contributed by atoms with Crippen molar-refractivity contribution in [1.82, 2.24) is 9.97 Å². The Hall–Kier alpha value is -4.28. The molecule has 0 aliphatic carbocycles. The first-order valence-corrected chi connectivity index (χ1v) is 8.85. The number of carbonyl (C=O) groups is 1. The molecule has 0 fully saturated rings. The number of hydrogen-bond donors (Lipinski definition) is 2. The van der Waals surface area contributed by atoms with E-state index in [1.807, 2.05) is 0 Å². The summed E-state index contributed by atoms with van der Waals surface area (Å²) in [5, 5.41) is 23.2. The van der Waals surface area contributed by atoms with Gasteiger partial charge in [0.25, 0.3) is 5.69 Å². The number of nitrogens with one attached hydrogen (secondary N) is 1. The van der Waals surface area contributed by atoms with Crippen LogP contribution in [0.4, 0.5) is 21.7 Å². The lowest BCUT2D eigenvalue weighted by molar-refractivity contribution is -0.384. The number of nitro benzene ring substituents is 1. The van der Waals surface area contributed by atoms with Gasteiger partial charge < -0.3 is 19.9 Å². The number of rotatable bonds is 8. The Bertz CT molecular complexity index is 1140. The smallest absolute Gasteiger partial charge is 0.335 e. The zero-order valence-electron chi connectivity index (χ0n) is 16.5. The van der Waals surface area contributed by atoms with Gasteiger partial charge in [0.15, 0.2) is 17.3 Å². The number of nitrogens with zero attached hydrogens (tertiary/aromatic N) is 3. The molecule has 2 aromatic carbocycles. The van der Waals surface area contributed by atoms with Crippen LogP contribution in [0.3, 0.4) is 0 Å². The number of aromatic nitrogens is 2. The fourth-order valence-electron chi connectivity index (χ4n) is 2.73. The molecule has 11 heteroatoms. The summed E-state index contributed by atoms with van der Waals surface area (Å²) in [6.45, 7) is 1.42. The number of aromatic carboxylic acids is 1. The number of carboxylic acid groups (broad SMARTS) is 1. The first-order chi connectivity index (χ1) is 14.8. The number of ether oxygens (including phenoxy) is 2. The molecule has 2 N–H and O–H groups in total. The van der Waals surface area contributed by atoms with Gasteiger partial charge in [-0.2, -0.15) is 0 Å². The predicted molar refractivity (Wildman–Crippen MR) is 107 cm³/mol. The summed E-state index contributed by atoms with van der Waals surface area (Å²) in [6.07, 6.45) is 2.60. The van der Waals surface area contributed by atoms with Crippen LogP contribution < -0.4 is 14.8 Å². The van der Waals surface area contributed by atoms with Crippen LogP contribution in [-0.4, -0.2) is 33.1 Å².